The summed E-state index contributed by atoms with van der Waals surface area (Å²) in [4.78, 5) is 6.45. The van der Waals surface area contributed by atoms with Gasteiger partial charge in [0.15, 0.2) is 5.82 Å². The number of nitrogens with zero attached hydrogens (tertiary/aromatic N) is 2. The van der Waals surface area contributed by atoms with Crippen molar-refractivity contribution in [3.8, 4) is 0 Å². The van der Waals surface area contributed by atoms with Crippen LogP contribution in [0.15, 0.2) is 41.4 Å². The second kappa shape index (κ2) is 6.10. The number of aliphatic imine (C=N–C) groups is 1. The van der Waals surface area contributed by atoms with Crippen molar-refractivity contribution in [1.82, 2.24) is 0 Å². The summed E-state index contributed by atoms with van der Waals surface area (Å²) in [5, 5.41) is 0. The van der Waals surface area contributed by atoms with Crippen LogP contribution < -0.4 is 4.90 Å². The van der Waals surface area contributed by atoms with E-state index in [1.54, 1.807) is 6.21 Å². The molecule has 130 valence electrons. The fourth-order valence-electron chi connectivity index (χ4n) is 3.18. The van der Waals surface area contributed by atoms with Crippen LogP contribution in [0, 0.1) is 18.6 Å². The Morgan fingerprint density at radius 1 is 1.08 bits per heavy atom. The number of anilines is 1. The average Bonchev–Trinajstić information content (AvgIpc) is 2.52. The molecule has 1 aliphatic rings. The number of rotatable bonds is 2. The molecule has 0 aliphatic carbocycles. The van der Waals surface area contributed by atoms with Crippen LogP contribution in [-0.4, -0.2) is 18.8 Å². The van der Waals surface area contributed by atoms with Gasteiger partial charge in [-0.25, -0.2) is 8.78 Å². The molecule has 0 fully saturated rings. The second-order valence-corrected chi connectivity index (χ2v) is 7.12. The van der Waals surface area contributed by atoms with E-state index in [4.69, 9.17) is 0 Å². The molecule has 0 aromatic heterocycles. The number of halogens is 2. The van der Waals surface area contributed by atoms with Crippen molar-refractivity contribution >= 4 is 23.2 Å². The largest absolute Gasteiger partial charge is 0.365 e. The third kappa shape index (κ3) is 3.21. The van der Waals surface area contributed by atoms with Crippen molar-refractivity contribution in [2.24, 2.45) is 4.99 Å². The van der Waals surface area contributed by atoms with Gasteiger partial charge in [-0.05, 0) is 68.7 Å². The average molecular weight is 340 g/mol. The second-order valence-electron chi connectivity index (χ2n) is 7.12. The third-order valence-electron chi connectivity index (χ3n) is 4.86. The van der Waals surface area contributed by atoms with Crippen LogP contribution >= 0.6 is 0 Å². The molecule has 1 heterocycles. The van der Waals surface area contributed by atoms with Crippen molar-refractivity contribution in [2.45, 2.75) is 33.2 Å². The van der Waals surface area contributed by atoms with Gasteiger partial charge in [0.25, 0.3) is 0 Å². The monoisotopic (exact) mass is 340 g/mol. The molecule has 0 N–H and O–H groups in total. The highest BCUT2D eigenvalue weighted by molar-refractivity contribution is 5.90. The van der Waals surface area contributed by atoms with E-state index < -0.39 is 11.6 Å². The number of aryl methyl sites for hydroxylation is 1. The van der Waals surface area contributed by atoms with Gasteiger partial charge in [0.2, 0.25) is 0 Å². The van der Waals surface area contributed by atoms with Gasteiger partial charge < -0.3 is 4.90 Å². The van der Waals surface area contributed by atoms with Gasteiger partial charge in [-0.3, -0.25) is 4.99 Å². The summed E-state index contributed by atoms with van der Waals surface area (Å²) in [5.74, 6) is -1.27. The molecule has 0 atom stereocenters. The van der Waals surface area contributed by atoms with E-state index in [2.05, 4.69) is 55.9 Å². The summed E-state index contributed by atoms with van der Waals surface area (Å²) in [6.07, 6.45) is 3.88. The minimum atomic E-state index is -0.663. The van der Waals surface area contributed by atoms with Crippen LogP contribution in [0.4, 0.5) is 20.2 Å². The zero-order chi connectivity index (χ0) is 18.4. The molecule has 0 spiro atoms. The van der Waals surface area contributed by atoms with E-state index in [1.807, 2.05) is 6.92 Å². The van der Waals surface area contributed by atoms with E-state index in [-0.39, 0.29) is 11.2 Å². The van der Waals surface area contributed by atoms with Crippen molar-refractivity contribution in [3.63, 3.8) is 0 Å². The molecule has 0 amide bonds. The van der Waals surface area contributed by atoms with E-state index in [9.17, 15) is 8.78 Å². The van der Waals surface area contributed by atoms with Gasteiger partial charge in [0.1, 0.15) is 5.82 Å². The molecular formula is C21H22F2N2. The SMILES string of the molecule is CC1=CC(C)(C)N(C)c2cc(C)c(C=Nc3ccc(F)cc3F)cc21. The van der Waals surface area contributed by atoms with Crippen molar-refractivity contribution < 1.29 is 8.78 Å². The number of allylic oxidation sites excluding steroid dienone is 1. The van der Waals surface area contributed by atoms with E-state index in [0.717, 1.165) is 22.8 Å². The van der Waals surface area contributed by atoms with Gasteiger partial charge in [-0.2, -0.15) is 0 Å². The number of fused-ring (bicyclic) bond motifs is 1. The minimum Gasteiger partial charge on any atom is -0.365 e. The van der Waals surface area contributed by atoms with Gasteiger partial charge in [0.05, 0.1) is 11.2 Å². The molecule has 3 rings (SSSR count). The quantitative estimate of drug-likeness (QED) is 0.645. The first kappa shape index (κ1) is 17.3. The maximum absolute atomic E-state index is 13.8. The summed E-state index contributed by atoms with van der Waals surface area (Å²) in [6, 6.07) is 7.61. The number of likely N-dealkylation sites (N-methyl/N-ethyl adjacent to an activating group) is 1. The van der Waals surface area contributed by atoms with E-state index in [1.165, 1.54) is 23.4 Å². The number of hydrogen-bond acceptors (Lipinski definition) is 2. The molecule has 0 saturated carbocycles. The molecular weight excluding hydrogens is 318 g/mol. The molecule has 4 heteroatoms. The summed E-state index contributed by atoms with van der Waals surface area (Å²) >= 11 is 0. The molecule has 0 unspecified atom stereocenters. The Hall–Kier alpha value is -2.49. The topological polar surface area (TPSA) is 15.6 Å². The molecule has 2 aromatic carbocycles. The van der Waals surface area contributed by atoms with Gasteiger partial charge in [-0.1, -0.05) is 6.08 Å². The van der Waals surface area contributed by atoms with Crippen LogP contribution in [0.5, 0.6) is 0 Å². The molecule has 2 aromatic rings. The maximum Gasteiger partial charge on any atom is 0.151 e. The van der Waals surface area contributed by atoms with Crippen molar-refractivity contribution in [2.75, 3.05) is 11.9 Å². The highest BCUT2D eigenvalue weighted by Gasteiger charge is 2.28. The minimum absolute atomic E-state index is 0.0453. The Kier molecular flexibility index (Phi) is 4.23. The first-order valence-corrected chi connectivity index (χ1v) is 8.26. The Balaban J connectivity index is 2.02. The Bertz CT molecular complexity index is 895. The van der Waals surface area contributed by atoms with Crippen LogP contribution in [0.25, 0.3) is 5.57 Å². The van der Waals surface area contributed by atoms with Gasteiger partial charge in [0, 0.05) is 30.6 Å². The number of benzene rings is 2. The Morgan fingerprint density at radius 3 is 2.48 bits per heavy atom. The molecule has 0 radical (unpaired) electrons. The predicted octanol–water partition coefficient (Wildman–Crippen LogP) is 5.66. The van der Waals surface area contributed by atoms with Crippen LogP contribution in [0.2, 0.25) is 0 Å². The van der Waals surface area contributed by atoms with Crippen LogP contribution in [0.3, 0.4) is 0 Å². The highest BCUT2D eigenvalue weighted by Crippen LogP contribution is 2.39. The van der Waals surface area contributed by atoms with Gasteiger partial charge in [-0.15, -0.1) is 0 Å². The fraction of sp³-hybridized carbons (Fsp3) is 0.286. The lowest BCUT2D eigenvalue weighted by molar-refractivity contribution is 0.585. The summed E-state index contributed by atoms with van der Waals surface area (Å²) in [6.45, 7) is 8.48. The van der Waals surface area contributed by atoms with E-state index >= 15 is 0 Å². The smallest absolute Gasteiger partial charge is 0.151 e. The molecule has 2 nitrogen and oxygen atoms in total. The fourth-order valence-corrected chi connectivity index (χ4v) is 3.18. The van der Waals surface area contributed by atoms with Crippen LogP contribution in [0.1, 0.15) is 37.5 Å². The Labute approximate surface area is 147 Å². The van der Waals surface area contributed by atoms with Crippen molar-refractivity contribution in [1.29, 1.82) is 0 Å². The molecule has 25 heavy (non-hydrogen) atoms. The first-order chi connectivity index (χ1) is 11.7. The summed E-state index contributed by atoms with van der Waals surface area (Å²) < 4.78 is 26.8. The summed E-state index contributed by atoms with van der Waals surface area (Å²) in [5.41, 5.74) is 5.59. The normalized spacial score (nSPS) is 16.1. The lowest BCUT2D eigenvalue weighted by atomic mass is 9.87. The zero-order valence-electron chi connectivity index (χ0n) is 15.2. The Morgan fingerprint density at radius 2 is 1.80 bits per heavy atom. The third-order valence-corrected chi connectivity index (χ3v) is 4.86. The zero-order valence-corrected chi connectivity index (χ0v) is 15.2. The summed E-state index contributed by atoms with van der Waals surface area (Å²) in [7, 11) is 2.09. The van der Waals surface area contributed by atoms with Crippen molar-refractivity contribution in [3.05, 3.63) is 64.7 Å². The van der Waals surface area contributed by atoms with E-state index in [0.29, 0.717) is 0 Å². The van der Waals surface area contributed by atoms with Gasteiger partial charge >= 0.3 is 0 Å². The van der Waals surface area contributed by atoms with Crippen LogP contribution in [-0.2, 0) is 0 Å². The molecule has 0 saturated heterocycles. The predicted molar refractivity (Wildman–Crippen MR) is 101 cm³/mol. The molecule has 1 aliphatic heterocycles. The lowest BCUT2D eigenvalue weighted by Crippen LogP contribution is -2.42. The highest BCUT2D eigenvalue weighted by atomic mass is 19.1. The standard InChI is InChI=1S/C21H22F2N2/c1-13-8-20-17(14(2)11-21(3,4)25(20)5)9-15(13)12-24-19-7-6-16(22)10-18(19)23/h6-12H,1-5H3. The lowest BCUT2D eigenvalue weighted by Gasteiger charge is -2.41. The maximum atomic E-state index is 13.8. The molecule has 0 bridgehead atoms. The number of hydrogen-bond donors (Lipinski definition) is 0. The first-order valence-electron chi connectivity index (χ1n) is 8.26.